The third kappa shape index (κ3) is 2.82. The van der Waals surface area contributed by atoms with Gasteiger partial charge < -0.3 is 18.6 Å². The summed E-state index contributed by atoms with van der Waals surface area (Å²) in [5.74, 6) is 0.866. The van der Waals surface area contributed by atoms with E-state index in [1.165, 1.54) is 0 Å². The molecular weight excluding hydrogens is 385 g/mol. The van der Waals surface area contributed by atoms with Crippen LogP contribution in [0.4, 0.5) is 0 Å². The van der Waals surface area contributed by atoms with Crippen LogP contribution in [0, 0.1) is 0 Å². The molecule has 3 aromatic rings. The van der Waals surface area contributed by atoms with Gasteiger partial charge in [-0.1, -0.05) is 24.6 Å². The molecule has 0 amide bonds. The zero-order valence-corrected chi connectivity index (χ0v) is 18.2. The minimum Gasteiger partial charge on any atom is -0.469 e. The number of rotatable bonds is 2. The number of hydrogen-bond acceptors (Lipinski definition) is 3. The summed E-state index contributed by atoms with van der Waals surface area (Å²) in [5.41, 5.74) is 3.60. The smallest absolute Gasteiger partial charge is 0.469 e. The SMILES string of the molecule is CCC1Oc2cc(B3OC(C)(C)C(C)(C)O3)ccc2-c2cc3cc(Cl)ccc3n21. The largest absolute Gasteiger partial charge is 0.494 e. The zero-order valence-electron chi connectivity index (χ0n) is 17.5. The first-order valence-corrected chi connectivity index (χ1v) is 10.5. The molecule has 4 nitrogen and oxygen atoms in total. The van der Waals surface area contributed by atoms with E-state index in [1.54, 1.807) is 0 Å². The molecule has 5 rings (SSSR count). The number of nitrogens with zero attached hydrogens (tertiary/aromatic N) is 1. The molecule has 29 heavy (non-hydrogen) atoms. The molecule has 3 heterocycles. The standard InChI is InChI=1S/C23H25BClNO3/c1-6-21-26-18-10-8-16(25)11-14(18)12-19(26)17-9-7-15(13-20(17)27-21)24-28-22(2,3)23(4,5)29-24/h7-13,21H,6H2,1-5H3. The monoisotopic (exact) mass is 409 g/mol. The van der Waals surface area contributed by atoms with Crippen molar-refractivity contribution in [3.63, 3.8) is 0 Å². The summed E-state index contributed by atoms with van der Waals surface area (Å²) in [6, 6.07) is 14.4. The van der Waals surface area contributed by atoms with Crippen molar-refractivity contribution in [1.82, 2.24) is 4.57 Å². The minimum absolute atomic E-state index is 0.0651. The number of benzene rings is 2. The van der Waals surface area contributed by atoms with Gasteiger partial charge in [0.15, 0.2) is 6.23 Å². The van der Waals surface area contributed by atoms with Gasteiger partial charge in [-0.05, 0) is 69.6 Å². The van der Waals surface area contributed by atoms with Gasteiger partial charge in [0.05, 0.1) is 22.4 Å². The Morgan fingerprint density at radius 1 is 1.00 bits per heavy atom. The molecule has 2 aromatic carbocycles. The topological polar surface area (TPSA) is 32.6 Å². The molecule has 2 aliphatic rings. The third-order valence-corrected chi connectivity index (χ3v) is 6.74. The van der Waals surface area contributed by atoms with Crippen molar-refractivity contribution >= 4 is 35.1 Å². The zero-order chi connectivity index (χ0) is 20.6. The van der Waals surface area contributed by atoms with Crippen LogP contribution in [0.1, 0.15) is 47.3 Å². The molecule has 1 unspecified atom stereocenters. The summed E-state index contributed by atoms with van der Waals surface area (Å²) in [4.78, 5) is 0. The van der Waals surface area contributed by atoms with Gasteiger partial charge in [0.25, 0.3) is 0 Å². The first-order valence-electron chi connectivity index (χ1n) is 10.2. The van der Waals surface area contributed by atoms with E-state index in [4.69, 9.17) is 25.6 Å². The van der Waals surface area contributed by atoms with Gasteiger partial charge in [-0.15, -0.1) is 0 Å². The molecule has 6 heteroatoms. The fourth-order valence-corrected chi connectivity index (χ4v) is 4.34. The van der Waals surface area contributed by atoms with Crippen LogP contribution in [0.3, 0.4) is 0 Å². The van der Waals surface area contributed by atoms with E-state index in [9.17, 15) is 0 Å². The molecule has 1 aromatic heterocycles. The third-order valence-electron chi connectivity index (χ3n) is 6.51. The van der Waals surface area contributed by atoms with Crippen LogP contribution in [0.15, 0.2) is 42.5 Å². The molecule has 0 saturated carbocycles. The van der Waals surface area contributed by atoms with Crippen molar-refractivity contribution in [3.8, 4) is 17.0 Å². The summed E-state index contributed by atoms with van der Waals surface area (Å²) in [6.07, 6.45) is 0.796. The lowest BCUT2D eigenvalue weighted by Gasteiger charge is -2.32. The second-order valence-electron chi connectivity index (χ2n) is 8.93. The second kappa shape index (κ2) is 6.27. The van der Waals surface area contributed by atoms with Crippen LogP contribution in [-0.2, 0) is 9.31 Å². The number of fused-ring (bicyclic) bond motifs is 5. The van der Waals surface area contributed by atoms with Crippen LogP contribution in [-0.4, -0.2) is 22.9 Å². The first kappa shape index (κ1) is 19.0. The molecule has 0 bridgehead atoms. The van der Waals surface area contributed by atoms with E-state index < -0.39 is 7.12 Å². The summed E-state index contributed by atoms with van der Waals surface area (Å²) in [5, 5.41) is 1.86. The Labute approximate surface area is 176 Å². The molecule has 2 aliphatic heterocycles. The highest BCUT2D eigenvalue weighted by Crippen LogP contribution is 2.43. The molecule has 1 atom stereocenters. The molecule has 150 valence electrons. The number of halogens is 1. The van der Waals surface area contributed by atoms with Crippen LogP contribution in [0.2, 0.25) is 5.02 Å². The number of hydrogen-bond donors (Lipinski definition) is 0. The molecule has 1 fully saturated rings. The van der Waals surface area contributed by atoms with E-state index in [0.29, 0.717) is 0 Å². The van der Waals surface area contributed by atoms with Gasteiger partial charge in [-0.3, -0.25) is 0 Å². The van der Waals surface area contributed by atoms with Crippen molar-refractivity contribution in [2.24, 2.45) is 0 Å². The lowest BCUT2D eigenvalue weighted by molar-refractivity contribution is 0.00578. The highest BCUT2D eigenvalue weighted by atomic mass is 35.5. The summed E-state index contributed by atoms with van der Waals surface area (Å²) in [7, 11) is -0.402. The quantitative estimate of drug-likeness (QED) is 0.519. The summed E-state index contributed by atoms with van der Waals surface area (Å²) < 4.78 is 21.1. The van der Waals surface area contributed by atoms with Crippen molar-refractivity contribution in [2.75, 3.05) is 0 Å². The van der Waals surface area contributed by atoms with E-state index in [1.807, 2.05) is 12.1 Å². The van der Waals surface area contributed by atoms with Gasteiger partial charge in [0.1, 0.15) is 5.75 Å². The van der Waals surface area contributed by atoms with E-state index in [2.05, 4.69) is 69.5 Å². The number of aromatic nitrogens is 1. The highest BCUT2D eigenvalue weighted by Gasteiger charge is 2.51. The molecule has 0 spiro atoms. The molecule has 0 N–H and O–H groups in total. The Bertz CT molecular complexity index is 1100. The van der Waals surface area contributed by atoms with Crippen LogP contribution in [0.5, 0.6) is 5.75 Å². The molecule has 1 saturated heterocycles. The highest BCUT2D eigenvalue weighted by molar-refractivity contribution is 6.62. The fourth-order valence-electron chi connectivity index (χ4n) is 4.16. The Balaban J connectivity index is 1.60. The fraction of sp³-hybridized carbons (Fsp3) is 0.391. The molecule has 0 radical (unpaired) electrons. The predicted octanol–water partition coefficient (Wildman–Crippen LogP) is 5.56. The Kier molecular flexibility index (Phi) is 4.12. The maximum Gasteiger partial charge on any atom is 0.494 e. The maximum atomic E-state index is 6.43. The average molecular weight is 410 g/mol. The van der Waals surface area contributed by atoms with Crippen LogP contribution < -0.4 is 10.2 Å². The van der Waals surface area contributed by atoms with Crippen molar-refractivity contribution in [1.29, 1.82) is 0 Å². The average Bonchev–Trinajstić information content (AvgIpc) is 3.14. The van der Waals surface area contributed by atoms with Crippen molar-refractivity contribution in [3.05, 3.63) is 47.5 Å². The minimum atomic E-state index is -0.402. The van der Waals surface area contributed by atoms with Crippen LogP contribution in [0.25, 0.3) is 22.2 Å². The Hall–Kier alpha value is -1.95. The van der Waals surface area contributed by atoms with E-state index >= 15 is 0 Å². The summed E-state index contributed by atoms with van der Waals surface area (Å²) >= 11 is 6.22. The predicted molar refractivity (Wildman–Crippen MR) is 118 cm³/mol. The Morgan fingerprint density at radius 3 is 2.41 bits per heavy atom. The maximum absolute atomic E-state index is 6.43. The van der Waals surface area contributed by atoms with Gasteiger partial charge in [0, 0.05) is 22.4 Å². The molecule has 0 aliphatic carbocycles. The van der Waals surface area contributed by atoms with Crippen molar-refractivity contribution < 1.29 is 14.0 Å². The Morgan fingerprint density at radius 2 is 1.72 bits per heavy atom. The molecular formula is C23H25BClNO3. The first-order chi connectivity index (χ1) is 13.7. The van der Waals surface area contributed by atoms with E-state index in [-0.39, 0.29) is 17.4 Å². The van der Waals surface area contributed by atoms with Gasteiger partial charge >= 0.3 is 7.12 Å². The van der Waals surface area contributed by atoms with E-state index in [0.717, 1.165) is 44.8 Å². The number of ether oxygens (including phenoxy) is 1. The van der Waals surface area contributed by atoms with Gasteiger partial charge in [-0.2, -0.15) is 0 Å². The lowest BCUT2D eigenvalue weighted by atomic mass is 9.78. The van der Waals surface area contributed by atoms with Gasteiger partial charge in [-0.25, -0.2) is 0 Å². The normalized spacial score (nSPS) is 21.7. The van der Waals surface area contributed by atoms with Crippen molar-refractivity contribution in [2.45, 2.75) is 58.5 Å². The van der Waals surface area contributed by atoms with Gasteiger partial charge in [0.2, 0.25) is 0 Å². The van der Waals surface area contributed by atoms with Crippen LogP contribution >= 0.6 is 11.6 Å². The second-order valence-corrected chi connectivity index (χ2v) is 9.36. The lowest BCUT2D eigenvalue weighted by Crippen LogP contribution is -2.41. The summed E-state index contributed by atoms with van der Waals surface area (Å²) in [6.45, 7) is 10.4.